The minimum atomic E-state index is -0.0703. The minimum Gasteiger partial charge on any atom is -0.497 e. The van der Waals surface area contributed by atoms with Crippen molar-refractivity contribution in [1.82, 2.24) is 14.9 Å². The highest BCUT2D eigenvalue weighted by molar-refractivity contribution is 5.95. The van der Waals surface area contributed by atoms with Crippen molar-refractivity contribution in [3.63, 3.8) is 0 Å². The molecule has 7 nitrogen and oxygen atoms in total. The standard InChI is InChI=1S/C22H23N3O4/c1-27-16-6-4-5-14(9-16)17-11-25(12-18-21(17)24-13-23-18)22(26)15-7-8-19(28-2)20(10-15)29-3/h4-10,13,17H,11-12H2,1-3H3,(H,23,24). The van der Waals surface area contributed by atoms with Gasteiger partial charge in [0.1, 0.15) is 5.75 Å². The van der Waals surface area contributed by atoms with E-state index in [0.717, 1.165) is 22.7 Å². The molecule has 1 N–H and O–H groups in total. The lowest BCUT2D eigenvalue weighted by molar-refractivity contribution is 0.0721. The van der Waals surface area contributed by atoms with Gasteiger partial charge in [-0.2, -0.15) is 0 Å². The number of rotatable bonds is 5. The van der Waals surface area contributed by atoms with Crippen molar-refractivity contribution in [3.05, 3.63) is 71.3 Å². The van der Waals surface area contributed by atoms with Gasteiger partial charge in [-0.3, -0.25) is 4.79 Å². The largest absolute Gasteiger partial charge is 0.497 e. The first-order valence-corrected chi connectivity index (χ1v) is 9.32. The van der Waals surface area contributed by atoms with Crippen LogP contribution in [-0.4, -0.2) is 48.6 Å². The van der Waals surface area contributed by atoms with E-state index in [1.54, 1.807) is 45.9 Å². The van der Waals surface area contributed by atoms with Gasteiger partial charge in [-0.1, -0.05) is 12.1 Å². The van der Waals surface area contributed by atoms with Gasteiger partial charge < -0.3 is 24.1 Å². The molecule has 0 saturated heterocycles. The number of hydrogen-bond donors (Lipinski definition) is 1. The molecule has 1 aliphatic heterocycles. The van der Waals surface area contributed by atoms with E-state index in [1.165, 1.54) is 0 Å². The number of fused-ring (bicyclic) bond motifs is 1. The molecule has 29 heavy (non-hydrogen) atoms. The molecule has 2 aromatic carbocycles. The van der Waals surface area contributed by atoms with Crippen LogP contribution in [0.15, 0.2) is 48.8 Å². The number of nitrogens with one attached hydrogen (secondary N) is 1. The van der Waals surface area contributed by atoms with Crippen molar-refractivity contribution in [2.45, 2.75) is 12.5 Å². The summed E-state index contributed by atoms with van der Waals surface area (Å²) in [6, 6.07) is 13.1. The van der Waals surface area contributed by atoms with E-state index < -0.39 is 0 Å². The van der Waals surface area contributed by atoms with E-state index in [4.69, 9.17) is 14.2 Å². The summed E-state index contributed by atoms with van der Waals surface area (Å²) < 4.78 is 16.0. The number of carbonyl (C=O) groups is 1. The third-order valence-corrected chi connectivity index (χ3v) is 5.25. The van der Waals surface area contributed by atoms with Crippen LogP contribution in [0.5, 0.6) is 17.2 Å². The number of methoxy groups -OCH3 is 3. The van der Waals surface area contributed by atoms with E-state index in [2.05, 4.69) is 9.97 Å². The van der Waals surface area contributed by atoms with Crippen LogP contribution >= 0.6 is 0 Å². The highest BCUT2D eigenvalue weighted by Gasteiger charge is 2.32. The van der Waals surface area contributed by atoms with Crippen molar-refractivity contribution in [3.8, 4) is 17.2 Å². The maximum absolute atomic E-state index is 13.3. The summed E-state index contributed by atoms with van der Waals surface area (Å²) in [5.41, 5.74) is 3.52. The van der Waals surface area contributed by atoms with Gasteiger partial charge in [0.05, 0.1) is 45.6 Å². The molecular weight excluding hydrogens is 370 g/mol. The van der Waals surface area contributed by atoms with Crippen molar-refractivity contribution in [2.75, 3.05) is 27.9 Å². The number of amides is 1. The normalized spacial score (nSPS) is 15.6. The van der Waals surface area contributed by atoms with Crippen molar-refractivity contribution in [1.29, 1.82) is 0 Å². The first-order valence-electron chi connectivity index (χ1n) is 9.32. The van der Waals surface area contributed by atoms with Gasteiger partial charge in [-0.15, -0.1) is 0 Å². The second-order valence-corrected chi connectivity index (χ2v) is 6.85. The molecule has 1 amide bonds. The van der Waals surface area contributed by atoms with E-state index in [1.807, 2.05) is 29.2 Å². The lowest BCUT2D eigenvalue weighted by Gasteiger charge is -2.32. The Morgan fingerprint density at radius 1 is 1.07 bits per heavy atom. The molecule has 1 aromatic heterocycles. The first kappa shape index (κ1) is 18.9. The predicted molar refractivity (Wildman–Crippen MR) is 108 cm³/mol. The monoisotopic (exact) mass is 393 g/mol. The lowest BCUT2D eigenvalue weighted by Crippen LogP contribution is -2.38. The molecule has 1 aliphatic rings. The fraction of sp³-hybridized carbons (Fsp3) is 0.273. The molecule has 1 atom stereocenters. The van der Waals surface area contributed by atoms with Crippen molar-refractivity contribution in [2.24, 2.45) is 0 Å². The summed E-state index contributed by atoms with van der Waals surface area (Å²) in [4.78, 5) is 22.8. The summed E-state index contributed by atoms with van der Waals surface area (Å²) >= 11 is 0. The third kappa shape index (κ3) is 3.51. The number of aromatic nitrogens is 2. The Labute approximate surface area is 169 Å². The average molecular weight is 393 g/mol. The molecule has 3 aromatic rings. The van der Waals surface area contributed by atoms with E-state index >= 15 is 0 Å². The fourth-order valence-corrected chi connectivity index (χ4v) is 3.75. The van der Waals surface area contributed by atoms with Gasteiger partial charge in [-0.05, 0) is 35.9 Å². The number of ether oxygens (including phenoxy) is 3. The number of imidazole rings is 1. The fourth-order valence-electron chi connectivity index (χ4n) is 3.75. The topological polar surface area (TPSA) is 76.7 Å². The Morgan fingerprint density at radius 3 is 2.66 bits per heavy atom. The molecule has 0 spiro atoms. The smallest absolute Gasteiger partial charge is 0.254 e. The molecule has 0 saturated carbocycles. The maximum Gasteiger partial charge on any atom is 0.254 e. The summed E-state index contributed by atoms with van der Waals surface area (Å²) in [5, 5.41) is 0. The Hall–Kier alpha value is -3.48. The van der Waals surface area contributed by atoms with Gasteiger partial charge in [0, 0.05) is 18.0 Å². The molecular formula is C22H23N3O4. The molecule has 2 heterocycles. The predicted octanol–water partition coefficient (Wildman–Crippen LogP) is 3.22. The summed E-state index contributed by atoms with van der Waals surface area (Å²) in [6.07, 6.45) is 1.68. The number of nitrogens with zero attached hydrogens (tertiary/aromatic N) is 2. The van der Waals surface area contributed by atoms with Crippen LogP contribution in [0.4, 0.5) is 0 Å². The Bertz CT molecular complexity index is 1030. The molecule has 4 rings (SSSR count). The van der Waals surface area contributed by atoms with Crippen LogP contribution < -0.4 is 14.2 Å². The zero-order valence-corrected chi connectivity index (χ0v) is 16.6. The SMILES string of the molecule is COc1cccc(C2CN(C(=O)c3ccc(OC)c(OC)c3)Cc3[nH]cnc32)c1. The van der Waals surface area contributed by atoms with Crippen molar-refractivity contribution >= 4 is 5.91 Å². The van der Waals surface area contributed by atoms with Gasteiger partial charge >= 0.3 is 0 Å². The Balaban J connectivity index is 1.66. The Morgan fingerprint density at radius 2 is 1.90 bits per heavy atom. The van der Waals surface area contributed by atoms with E-state index in [9.17, 15) is 4.79 Å². The van der Waals surface area contributed by atoms with Gasteiger partial charge in [0.25, 0.3) is 5.91 Å². The highest BCUT2D eigenvalue weighted by Crippen LogP contribution is 2.34. The Kier molecular flexibility index (Phi) is 5.12. The molecule has 0 aliphatic carbocycles. The number of benzene rings is 2. The van der Waals surface area contributed by atoms with Crippen LogP contribution in [0, 0.1) is 0 Å². The molecule has 150 valence electrons. The highest BCUT2D eigenvalue weighted by atomic mass is 16.5. The summed E-state index contributed by atoms with van der Waals surface area (Å²) in [6.45, 7) is 1.00. The zero-order valence-electron chi connectivity index (χ0n) is 16.6. The van der Waals surface area contributed by atoms with Crippen molar-refractivity contribution < 1.29 is 19.0 Å². The minimum absolute atomic E-state index is 0.0378. The van der Waals surface area contributed by atoms with Gasteiger partial charge in [0.2, 0.25) is 0 Å². The number of hydrogen-bond acceptors (Lipinski definition) is 5. The number of aromatic amines is 1. The van der Waals surface area contributed by atoms with E-state index in [-0.39, 0.29) is 11.8 Å². The van der Waals surface area contributed by atoms with Crippen LogP contribution in [0.3, 0.4) is 0 Å². The zero-order chi connectivity index (χ0) is 20.4. The van der Waals surface area contributed by atoms with Crippen LogP contribution in [0.1, 0.15) is 33.2 Å². The van der Waals surface area contributed by atoms with Gasteiger partial charge in [0.15, 0.2) is 11.5 Å². The molecule has 0 radical (unpaired) electrons. The van der Waals surface area contributed by atoms with Crippen LogP contribution in [0.2, 0.25) is 0 Å². The van der Waals surface area contributed by atoms with E-state index in [0.29, 0.717) is 30.2 Å². The second kappa shape index (κ2) is 7.87. The number of H-pyrrole nitrogens is 1. The molecule has 0 bridgehead atoms. The van der Waals surface area contributed by atoms with Crippen LogP contribution in [0.25, 0.3) is 0 Å². The molecule has 0 fully saturated rings. The quantitative estimate of drug-likeness (QED) is 0.720. The second-order valence-electron chi connectivity index (χ2n) is 6.85. The summed E-state index contributed by atoms with van der Waals surface area (Å²) in [5.74, 6) is 1.79. The maximum atomic E-state index is 13.3. The molecule has 1 unspecified atom stereocenters. The first-order chi connectivity index (χ1) is 14.1. The lowest BCUT2D eigenvalue weighted by atomic mass is 9.90. The molecule has 7 heteroatoms. The average Bonchev–Trinajstić information content (AvgIpc) is 3.26. The van der Waals surface area contributed by atoms with Crippen LogP contribution in [-0.2, 0) is 6.54 Å². The summed E-state index contributed by atoms with van der Waals surface area (Å²) in [7, 11) is 4.78. The number of carbonyl (C=O) groups excluding carboxylic acids is 1. The third-order valence-electron chi connectivity index (χ3n) is 5.25. The van der Waals surface area contributed by atoms with Gasteiger partial charge in [-0.25, -0.2) is 4.98 Å².